The van der Waals surface area contributed by atoms with Gasteiger partial charge >= 0.3 is 5.69 Å². The Hall–Kier alpha value is -1.43. The molecular weight excluding hydrogens is 264 g/mol. The van der Waals surface area contributed by atoms with Crippen LogP contribution in [0.1, 0.15) is 19.3 Å². The van der Waals surface area contributed by atoms with Crippen LogP contribution in [-0.2, 0) is 0 Å². The SMILES string of the molecule is COc1cc(NC2CCCC2SC)ccc1[N+](=O)[O-]. The van der Waals surface area contributed by atoms with Crippen molar-refractivity contribution in [2.24, 2.45) is 0 Å². The molecule has 1 aliphatic rings. The van der Waals surface area contributed by atoms with E-state index in [0.29, 0.717) is 17.0 Å². The van der Waals surface area contributed by atoms with Gasteiger partial charge in [0.25, 0.3) is 0 Å². The van der Waals surface area contributed by atoms with Crippen LogP contribution in [0.2, 0.25) is 0 Å². The molecule has 0 aromatic heterocycles. The van der Waals surface area contributed by atoms with Gasteiger partial charge in [-0.2, -0.15) is 11.8 Å². The predicted octanol–water partition coefficient (Wildman–Crippen LogP) is 3.30. The summed E-state index contributed by atoms with van der Waals surface area (Å²) in [6.45, 7) is 0. The second kappa shape index (κ2) is 6.14. The number of methoxy groups -OCH3 is 1. The van der Waals surface area contributed by atoms with Crippen molar-refractivity contribution in [2.75, 3.05) is 18.7 Å². The lowest BCUT2D eigenvalue weighted by atomic mass is 10.2. The maximum absolute atomic E-state index is 10.8. The number of nitro groups is 1. The van der Waals surface area contributed by atoms with Crippen molar-refractivity contribution in [3.8, 4) is 5.75 Å². The first-order valence-corrected chi connectivity index (χ1v) is 7.56. The van der Waals surface area contributed by atoms with Gasteiger partial charge < -0.3 is 10.1 Å². The van der Waals surface area contributed by atoms with E-state index in [1.54, 1.807) is 12.1 Å². The van der Waals surface area contributed by atoms with Crippen molar-refractivity contribution in [3.63, 3.8) is 0 Å². The Labute approximate surface area is 116 Å². The summed E-state index contributed by atoms with van der Waals surface area (Å²) in [4.78, 5) is 10.4. The number of benzene rings is 1. The molecule has 0 heterocycles. The van der Waals surface area contributed by atoms with E-state index in [0.717, 1.165) is 12.1 Å². The first-order chi connectivity index (χ1) is 9.15. The molecule has 1 aliphatic carbocycles. The molecule has 1 aromatic rings. The van der Waals surface area contributed by atoms with Gasteiger partial charge in [-0.1, -0.05) is 6.42 Å². The van der Waals surface area contributed by atoms with Gasteiger partial charge in [-0.25, -0.2) is 0 Å². The van der Waals surface area contributed by atoms with Crippen LogP contribution in [0.3, 0.4) is 0 Å². The molecule has 0 saturated heterocycles. The number of nitro benzene ring substituents is 1. The maximum Gasteiger partial charge on any atom is 0.311 e. The molecule has 2 atom stereocenters. The molecule has 1 N–H and O–H groups in total. The van der Waals surface area contributed by atoms with Crippen molar-refractivity contribution in [3.05, 3.63) is 28.3 Å². The summed E-state index contributed by atoms with van der Waals surface area (Å²) in [5.41, 5.74) is 0.884. The number of hydrogen-bond acceptors (Lipinski definition) is 5. The lowest BCUT2D eigenvalue weighted by molar-refractivity contribution is -0.385. The summed E-state index contributed by atoms with van der Waals surface area (Å²) in [5.74, 6) is 0.300. The van der Waals surface area contributed by atoms with Gasteiger partial charge in [0.15, 0.2) is 5.75 Å². The van der Waals surface area contributed by atoms with Crippen LogP contribution >= 0.6 is 11.8 Å². The predicted molar refractivity (Wildman–Crippen MR) is 78.2 cm³/mol. The summed E-state index contributed by atoms with van der Waals surface area (Å²) < 4.78 is 5.08. The van der Waals surface area contributed by atoms with E-state index in [1.165, 1.54) is 26.0 Å². The number of nitrogens with one attached hydrogen (secondary N) is 1. The largest absolute Gasteiger partial charge is 0.490 e. The van der Waals surface area contributed by atoms with E-state index >= 15 is 0 Å². The number of hydrogen-bond donors (Lipinski definition) is 1. The highest BCUT2D eigenvalue weighted by molar-refractivity contribution is 7.99. The Morgan fingerprint density at radius 3 is 2.89 bits per heavy atom. The molecule has 2 unspecified atom stereocenters. The minimum absolute atomic E-state index is 0.000823. The molecule has 1 aromatic carbocycles. The van der Waals surface area contributed by atoms with Crippen molar-refractivity contribution in [1.82, 2.24) is 0 Å². The molecule has 6 heteroatoms. The van der Waals surface area contributed by atoms with Gasteiger partial charge in [0.1, 0.15) is 0 Å². The monoisotopic (exact) mass is 282 g/mol. The topological polar surface area (TPSA) is 64.4 Å². The highest BCUT2D eigenvalue weighted by Gasteiger charge is 2.26. The van der Waals surface area contributed by atoms with Gasteiger partial charge in [-0.3, -0.25) is 10.1 Å². The normalized spacial score (nSPS) is 22.2. The quantitative estimate of drug-likeness (QED) is 0.663. The molecule has 1 saturated carbocycles. The fourth-order valence-electron chi connectivity index (χ4n) is 2.51. The number of nitrogens with zero attached hydrogens (tertiary/aromatic N) is 1. The van der Waals surface area contributed by atoms with E-state index < -0.39 is 4.92 Å². The number of rotatable bonds is 5. The van der Waals surface area contributed by atoms with Gasteiger partial charge in [-0.05, 0) is 25.2 Å². The lowest BCUT2D eigenvalue weighted by Crippen LogP contribution is -2.25. The van der Waals surface area contributed by atoms with Crippen LogP contribution in [0, 0.1) is 10.1 Å². The molecular formula is C13H18N2O3S. The van der Waals surface area contributed by atoms with Crippen molar-refractivity contribution in [2.45, 2.75) is 30.6 Å². The second-order valence-electron chi connectivity index (χ2n) is 4.60. The van der Waals surface area contributed by atoms with E-state index in [9.17, 15) is 10.1 Å². The summed E-state index contributed by atoms with van der Waals surface area (Å²) >= 11 is 1.88. The molecule has 1 fully saturated rings. The Balaban J connectivity index is 2.15. The minimum atomic E-state index is -0.428. The molecule has 0 aliphatic heterocycles. The third-order valence-corrected chi connectivity index (χ3v) is 4.65. The Kier molecular flexibility index (Phi) is 4.52. The summed E-state index contributed by atoms with van der Waals surface area (Å²) in [6, 6.07) is 5.37. The molecule has 19 heavy (non-hydrogen) atoms. The third-order valence-electron chi connectivity index (χ3n) is 3.48. The highest BCUT2D eigenvalue weighted by atomic mass is 32.2. The first kappa shape index (κ1) is 14.0. The molecule has 0 amide bonds. The zero-order valence-corrected chi connectivity index (χ0v) is 11.9. The molecule has 0 radical (unpaired) electrons. The number of thioether (sulfide) groups is 1. The van der Waals surface area contributed by atoms with E-state index in [4.69, 9.17) is 4.74 Å². The van der Waals surface area contributed by atoms with Crippen LogP contribution in [0.5, 0.6) is 5.75 Å². The Bertz CT molecular complexity index is 467. The highest BCUT2D eigenvalue weighted by Crippen LogP contribution is 2.34. The van der Waals surface area contributed by atoms with E-state index in [-0.39, 0.29) is 5.69 Å². The van der Waals surface area contributed by atoms with Crippen LogP contribution in [0.4, 0.5) is 11.4 Å². The molecule has 0 bridgehead atoms. The van der Waals surface area contributed by atoms with E-state index in [1.807, 2.05) is 11.8 Å². The molecule has 2 rings (SSSR count). The average Bonchev–Trinajstić information content (AvgIpc) is 2.85. The molecule has 0 spiro atoms. The van der Waals surface area contributed by atoms with Gasteiger partial charge in [0.05, 0.1) is 12.0 Å². The van der Waals surface area contributed by atoms with E-state index in [2.05, 4.69) is 11.6 Å². The number of ether oxygens (including phenoxy) is 1. The smallest absolute Gasteiger partial charge is 0.311 e. The van der Waals surface area contributed by atoms with Crippen LogP contribution < -0.4 is 10.1 Å². The van der Waals surface area contributed by atoms with Crippen molar-refractivity contribution in [1.29, 1.82) is 0 Å². The third kappa shape index (κ3) is 3.12. The molecule has 5 nitrogen and oxygen atoms in total. The standard InChI is InChI=1S/C13H18N2O3S/c1-18-12-8-9(6-7-11(12)15(16)17)14-10-4-3-5-13(10)19-2/h6-8,10,13-14H,3-5H2,1-2H3. The van der Waals surface area contributed by atoms with Crippen LogP contribution in [-0.4, -0.2) is 29.6 Å². The lowest BCUT2D eigenvalue weighted by Gasteiger charge is -2.20. The maximum atomic E-state index is 10.8. The average molecular weight is 282 g/mol. The number of anilines is 1. The van der Waals surface area contributed by atoms with Crippen LogP contribution in [0.15, 0.2) is 18.2 Å². The van der Waals surface area contributed by atoms with Gasteiger partial charge in [0.2, 0.25) is 0 Å². The van der Waals surface area contributed by atoms with Gasteiger partial charge in [0, 0.05) is 29.1 Å². The van der Waals surface area contributed by atoms with Crippen LogP contribution in [0.25, 0.3) is 0 Å². The second-order valence-corrected chi connectivity index (χ2v) is 5.68. The summed E-state index contributed by atoms with van der Waals surface area (Å²) in [6.07, 6.45) is 5.72. The van der Waals surface area contributed by atoms with Crippen molar-refractivity contribution < 1.29 is 9.66 Å². The minimum Gasteiger partial charge on any atom is -0.490 e. The first-order valence-electron chi connectivity index (χ1n) is 6.27. The zero-order chi connectivity index (χ0) is 13.8. The Morgan fingerprint density at radius 2 is 2.26 bits per heavy atom. The van der Waals surface area contributed by atoms with Crippen molar-refractivity contribution >= 4 is 23.1 Å². The summed E-state index contributed by atoms with van der Waals surface area (Å²) in [5, 5.41) is 14.9. The zero-order valence-electron chi connectivity index (χ0n) is 11.1. The fraction of sp³-hybridized carbons (Fsp3) is 0.538. The fourth-order valence-corrected chi connectivity index (χ4v) is 3.44. The molecule has 104 valence electrons. The Morgan fingerprint density at radius 1 is 1.47 bits per heavy atom. The van der Waals surface area contributed by atoms with Gasteiger partial charge in [-0.15, -0.1) is 0 Å². The summed E-state index contributed by atoms with van der Waals surface area (Å²) in [7, 11) is 1.45.